The highest BCUT2D eigenvalue weighted by Gasteiger charge is 2.07. The van der Waals surface area contributed by atoms with Gasteiger partial charge < -0.3 is 10.1 Å². The Morgan fingerprint density at radius 2 is 1.44 bits per heavy atom. The van der Waals surface area contributed by atoms with Crippen LogP contribution in [-0.2, 0) is 11.3 Å². The Hall–Kier alpha value is -1.91. The van der Waals surface area contributed by atoms with Crippen LogP contribution in [0.2, 0.25) is 20.1 Å². The van der Waals surface area contributed by atoms with Crippen molar-refractivity contribution >= 4 is 63.8 Å². The van der Waals surface area contributed by atoms with E-state index in [9.17, 15) is 0 Å². The molecule has 0 aliphatic carbocycles. The molecule has 1 N–H and O–H groups in total. The minimum Gasteiger partial charge on any atom is -0.460 e. The van der Waals surface area contributed by atoms with E-state index in [-0.39, 0.29) is 6.02 Å². The van der Waals surface area contributed by atoms with Crippen LogP contribution in [0.1, 0.15) is 5.56 Å². The van der Waals surface area contributed by atoms with Crippen LogP contribution >= 0.6 is 46.4 Å². The van der Waals surface area contributed by atoms with Gasteiger partial charge in [0.05, 0.1) is 25.8 Å². The van der Waals surface area contributed by atoms with Crippen molar-refractivity contribution in [3.05, 3.63) is 92.4 Å². The molecule has 0 saturated heterocycles. The van der Waals surface area contributed by atoms with Crippen LogP contribution in [-0.4, -0.2) is 6.02 Å². The number of nitrogens with one attached hydrogen (secondary N) is 1. The van der Waals surface area contributed by atoms with Gasteiger partial charge in [-0.3, -0.25) is 0 Å². The first-order valence-electron chi connectivity index (χ1n) is 7.94. The van der Waals surface area contributed by atoms with Gasteiger partial charge in [0.2, 0.25) is 0 Å². The second kappa shape index (κ2) is 9.34. The third kappa shape index (κ3) is 5.78. The summed E-state index contributed by atoms with van der Waals surface area (Å²) in [5.41, 5.74) is 2.30. The van der Waals surface area contributed by atoms with E-state index in [0.29, 0.717) is 38.1 Å². The molecule has 0 aromatic heterocycles. The maximum absolute atomic E-state index is 6.08. The van der Waals surface area contributed by atoms with Gasteiger partial charge in [0, 0.05) is 5.69 Å². The van der Waals surface area contributed by atoms with Gasteiger partial charge in [-0.15, -0.1) is 0 Å². The van der Waals surface area contributed by atoms with E-state index in [4.69, 9.17) is 51.1 Å². The summed E-state index contributed by atoms with van der Waals surface area (Å²) in [4.78, 5) is 4.49. The fraction of sp³-hybridized carbons (Fsp3) is 0.0500. The number of aliphatic imine (C=N–C) groups is 1. The number of anilines is 1. The van der Waals surface area contributed by atoms with Gasteiger partial charge in [-0.25, -0.2) is 0 Å². The zero-order valence-electron chi connectivity index (χ0n) is 13.9. The monoisotopic (exact) mass is 438 g/mol. The quantitative estimate of drug-likeness (QED) is 0.335. The first kappa shape index (κ1) is 19.8. The molecule has 0 radical (unpaired) electrons. The second-order valence-corrected chi connectivity index (χ2v) is 7.17. The Labute approximate surface area is 177 Å². The molecule has 0 bridgehead atoms. The SMILES string of the molecule is Clc1ccc(N=C(Nc2ccc(Cl)c(Cl)c2)OCc2ccccc2)cc1Cl. The standard InChI is InChI=1S/C20H14Cl4N2O/c21-16-8-6-14(10-18(16)23)25-20(27-12-13-4-2-1-3-5-13)26-15-7-9-17(22)19(24)11-15/h1-11H,12H2,(H,25,26). The average molecular weight is 440 g/mol. The highest BCUT2D eigenvalue weighted by molar-refractivity contribution is 6.42. The minimum atomic E-state index is 0.288. The van der Waals surface area contributed by atoms with Crippen LogP contribution in [0.5, 0.6) is 0 Å². The molecule has 0 aliphatic rings. The highest BCUT2D eigenvalue weighted by Crippen LogP contribution is 2.28. The Bertz CT molecular complexity index is 961. The van der Waals surface area contributed by atoms with E-state index in [1.165, 1.54) is 0 Å². The van der Waals surface area contributed by atoms with Crippen LogP contribution < -0.4 is 5.32 Å². The van der Waals surface area contributed by atoms with E-state index in [2.05, 4.69) is 10.3 Å². The van der Waals surface area contributed by atoms with Gasteiger partial charge in [-0.1, -0.05) is 76.7 Å². The number of nitrogens with zero attached hydrogens (tertiary/aromatic N) is 1. The lowest BCUT2D eigenvalue weighted by atomic mass is 10.2. The predicted octanol–water partition coefficient (Wildman–Crippen LogP) is 7.62. The first-order valence-corrected chi connectivity index (χ1v) is 9.45. The molecule has 3 rings (SSSR count). The molecule has 3 aromatic rings. The summed E-state index contributed by atoms with van der Waals surface area (Å²) in [5.74, 6) is 0. The molecule has 0 saturated carbocycles. The lowest BCUT2D eigenvalue weighted by Gasteiger charge is -2.12. The summed E-state index contributed by atoms with van der Waals surface area (Å²) in [7, 11) is 0. The molecule has 138 valence electrons. The average Bonchev–Trinajstić information content (AvgIpc) is 2.66. The molecule has 3 nitrogen and oxygen atoms in total. The topological polar surface area (TPSA) is 33.6 Å². The van der Waals surface area contributed by atoms with E-state index in [1.54, 1.807) is 36.4 Å². The van der Waals surface area contributed by atoms with Gasteiger partial charge in [-0.05, 0) is 42.0 Å². The van der Waals surface area contributed by atoms with Gasteiger partial charge in [0.15, 0.2) is 0 Å². The summed E-state index contributed by atoms with van der Waals surface area (Å²) in [6.07, 6.45) is 0. The second-order valence-electron chi connectivity index (χ2n) is 5.54. The van der Waals surface area contributed by atoms with Crippen LogP contribution in [0, 0.1) is 0 Å². The molecular weight excluding hydrogens is 426 g/mol. The third-order valence-electron chi connectivity index (χ3n) is 3.52. The third-order valence-corrected chi connectivity index (χ3v) is 5.00. The fourth-order valence-electron chi connectivity index (χ4n) is 2.19. The molecule has 7 heteroatoms. The zero-order chi connectivity index (χ0) is 19.2. The van der Waals surface area contributed by atoms with Crippen LogP contribution in [0.3, 0.4) is 0 Å². The number of halogens is 4. The Kier molecular flexibility index (Phi) is 6.86. The molecule has 0 atom stereocenters. The number of hydrogen-bond acceptors (Lipinski definition) is 2. The number of amidine groups is 1. The van der Waals surface area contributed by atoms with Crippen molar-refractivity contribution in [2.45, 2.75) is 6.61 Å². The van der Waals surface area contributed by atoms with Crippen LogP contribution in [0.4, 0.5) is 11.4 Å². The van der Waals surface area contributed by atoms with E-state index >= 15 is 0 Å². The Morgan fingerprint density at radius 3 is 2.11 bits per heavy atom. The maximum Gasteiger partial charge on any atom is 0.294 e. The van der Waals surface area contributed by atoms with Crippen LogP contribution in [0.15, 0.2) is 71.7 Å². The summed E-state index contributed by atoms with van der Waals surface area (Å²) in [5, 5.41) is 4.88. The first-order chi connectivity index (χ1) is 13.0. The fourth-order valence-corrected chi connectivity index (χ4v) is 2.78. The number of benzene rings is 3. The normalized spacial score (nSPS) is 11.3. The molecule has 0 spiro atoms. The smallest absolute Gasteiger partial charge is 0.294 e. The van der Waals surface area contributed by atoms with Crippen molar-refractivity contribution < 1.29 is 4.74 Å². The van der Waals surface area contributed by atoms with Crippen molar-refractivity contribution in [2.75, 3.05) is 5.32 Å². The molecular formula is C20H14Cl4N2O. The van der Waals surface area contributed by atoms with Gasteiger partial charge in [0.25, 0.3) is 6.02 Å². The van der Waals surface area contributed by atoms with Gasteiger partial charge in [0.1, 0.15) is 6.61 Å². The molecule has 0 unspecified atom stereocenters. The van der Waals surface area contributed by atoms with Crippen molar-refractivity contribution in [1.82, 2.24) is 0 Å². The Balaban J connectivity index is 1.85. The summed E-state index contributed by atoms with van der Waals surface area (Å²) < 4.78 is 5.86. The lowest BCUT2D eigenvalue weighted by molar-refractivity contribution is 0.292. The van der Waals surface area contributed by atoms with Gasteiger partial charge in [-0.2, -0.15) is 4.99 Å². The molecule has 0 aliphatic heterocycles. The van der Waals surface area contributed by atoms with Crippen molar-refractivity contribution in [3.63, 3.8) is 0 Å². The van der Waals surface area contributed by atoms with Gasteiger partial charge >= 0.3 is 0 Å². The van der Waals surface area contributed by atoms with Crippen molar-refractivity contribution in [2.24, 2.45) is 4.99 Å². The number of rotatable bonds is 4. The minimum absolute atomic E-state index is 0.288. The predicted molar refractivity (Wildman–Crippen MR) is 115 cm³/mol. The van der Waals surface area contributed by atoms with E-state index < -0.39 is 0 Å². The molecule has 0 fully saturated rings. The molecule has 0 amide bonds. The number of ether oxygens (including phenoxy) is 1. The highest BCUT2D eigenvalue weighted by atomic mass is 35.5. The maximum atomic E-state index is 6.08. The Morgan fingerprint density at radius 1 is 0.778 bits per heavy atom. The zero-order valence-corrected chi connectivity index (χ0v) is 16.9. The van der Waals surface area contributed by atoms with Crippen molar-refractivity contribution in [3.8, 4) is 0 Å². The summed E-state index contributed by atoms with van der Waals surface area (Å²) >= 11 is 24.1. The lowest BCUT2D eigenvalue weighted by Crippen LogP contribution is -2.16. The van der Waals surface area contributed by atoms with E-state index in [0.717, 1.165) is 5.56 Å². The summed E-state index contributed by atoms with van der Waals surface area (Å²) in [6, 6.07) is 20.3. The van der Waals surface area contributed by atoms with Crippen LogP contribution in [0.25, 0.3) is 0 Å². The molecule has 3 aromatic carbocycles. The van der Waals surface area contributed by atoms with E-state index in [1.807, 2.05) is 30.3 Å². The molecule has 0 heterocycles. The largest absolute Gasteiger partial charge is 0.460 e. The number of hydrogen-bond donors (Lipinski definition) is 1. The molecule has 27 heavy (non-hydrogen) atoms. The summed E-state index contributed by atoms with van der Waals surface area (Å²) in [6.45, 7) is 0.343. The van der Waals surface area contributed by atoms with Crippen molar-refractivity contribution in [1.29, 1.82) is 0 Å².